The maximum absolute atomic E-state index is 12.4. The summed E-state index contributed by atoms with van der Waals surface area (Å²) in [6.07, 6.45) is 0. The fourth-order valence-electron chi connectivity index (χ4n) is 1.85. The van der Waals surface area contributed by atoms with E-state index in [1.54, 1.807) is 6.07 Å². The number of nitrogens with one attached hydrogen (secondary N) is 1. The quantitative estimate of drug-likeness (QED) is 0.834. The van der Waals surface area contributed by atoms with Crippen LogP contribution in [0.2, 0.25) is 5.02 Å². The number of methoxy groups -OCH3 is 2. The first kappa shape index (κ1) is 17.1. The molecule has 0 amide bonds. The summed E-state index contributed by atoms with van der Waals surface area (Å²) in [5.74, 6) is -0.183. The molecule has 0 aliphatic rings. The Morgan fingerprint density at radius 3 is 2.48 bits per heavy atom. The number of anilines is 1. The lowest BCUT2D eigenvalue weighted by atomic mass is 10.2. The van der Waals surface area contributed by atoms with Crippen molar-refractivity contribution < 1.29 is 22.7 Å². The highest BCUT2D eigenvalue weighted by atomic mass is 35.5. The number of carbonyl (C=O) groups is 1. The van der Waals surface area contributed by atoms with E-state index in [4.69, 9.17) is 16.3 Å². The number of rotatable bonds is 5. The molecule has 2 aromatic carbocycles. The summed E-state index contributed by atoms with van der Waals surface area (Å²) in [4.78, 5) is 11.4. The number of ether oxygens (including phenoxy) is 2. The molecule has 0 aromatic heterocycles. The second kappa shape index (κ2) is 6.89. The van der Waals surface area contributed by atoms with E-state index in [9.17, 15) is 13.2 Å². The van der Waals surface area contributed by atoms with Crippen LogP contribution in [0.1, 0.15) is 10.4 Å². The first-order valence-electron chi connectivity index (χ1n) is 6.42. The topological polar surface area (TPSA) is 81.7 Å². The van der Waals surface area contributed by atoms with Crippen LogP contribution in [0.15, 0.2) is 47.4 Å². The van der Waals surface area contributed by atoms with Crippen LogP contribution in [-0.4, -0.2) is 28.6 Å². The van der Waals surface area contributed by atoms with E-state index in [1.807, 2.05) is 0 Å². The van der Waals surface area contributed by atoms with Gasteiger partial charge in [-0.3, -0.25) is 4.72 Å². The normalized spacial score (nSPS) is 10.9. The van der Waals surface area contributed by atoms with Crippen molar-refractivity contribution in [1.82, 2.24) is 0 Å². The molecule has 1 N–H and O–H groups in total. The van der Waals surface area contributed by atoms with Gasteiger partial charge in [0.05, 0.1) is 35.4 Å². The Kier molecular flexibility index (Phi) is 5.12. The van der Waals surface area contributed by atoms with Crippen molar-refractivity contribution in [2.24, 2.45) is 0 Å². The molecule has 2 rings (SSSR count). The van der Waals surface area contributed by atoms with Crippen molar-refractivity contribution in [1.29, 1.82) is 0 Å². The Hall–Kier alpha value is -2.25. The summed E-state index contributed by atoms with van der Waals surface area (Å²) >= 11 is 5.97. The van der Waals surface area contributed by atoms with Crippen LogP contribution >= 0.6 is 11.6 Å². The first-order chi connectivity index (χ1) is 10.9. The number of hydrogen-bond acceptors (Lipinski definition) is 5. The van der Waals surface area contributed by atoms with Crippen LogP contribution in [0.4, 0.5) is 5.69 Å². The molecule has 0 saturated heterocycles. The summed E-state index contributed by atoms with van der Waals surface area (Å²) in [5.41, 5.74) is 0.419. The zero-order chi connectivity index (χ0) is 17.0. The highest BCUT2D eigenvalue weighted by Crippen LogP contribution is 2.28. The maximum Gasteiger partial charge on any atom is 0.337 e. The third kappa shape index (κ3) is 3.94. The molecule has 0 fully saturated rings. The van der Waals surface area contributed by atoms with Gasteiger partial charge in [0.15, 0.2) is 0 Å². The number of halogens is 1. The monoisotopic (exact) mass is 355 g/mol. The molecule has 2 aromatic rings. The zero-order valence-corrected chi connectivity index (χ0v) is 13.9. The highest BCUT2D eigenvalue weighted by molar-refractivity contribution is 7.92. The number of hydrogen-bond donors (Lipinski definition) is 1. The molecule has 23 heavy (non-hydrogen) atoms. The molecule has 0 aliphatic heterocycles. The maximum atomic E-state index is 12.4. The van der Waals surface area contributed by atoms with Crippen molar-refractivity contribution in [3.05, 3.63) is 53.1 Å². The van der Waals surface area contributed by atoms with E-state index < -0.39 is 16.0 Å². The van der Waals surface area contributed by atoms with Gasteiger partial charge >= 0.3 is 5.97 Å². The SMILES string of the molecule is COC(=O)c1cccc(S(=O)(=O)Nc2ccc(OC)c(Cl)c2)c1. The highest BCUT2D eigenvalue weighted by Gasteiger charge is 2.17. The van der Waals surface area contributed by atoms with Crippen LogP contribution in [0.5, 0.6) is 5.75 Å². The fourth-order valence-corrected chi connectivity index (χ4v) is 3.20. The summed E-state index contributed by atoms with van der Waals surface area (Å²) in [7, 11) is -1.19. The zero-order valence-electron chi connectivity index (χ0n) is 12.4. The van der Waals surface area contributed by atoms with E-state index >= 15 is 0 Å². The van der Waals surface area contributed by atoms with Gasteiger partial charge < -0.3 is 9.47 Å². The summed E-state index contributed by atoms with van der Waals surface area (Å²) in [6, 6.07) is 10.0. The Balaban J connectivity index is 2.32. The van der Waals surface area contributed by atoms with Crippen molar-refractivity contribution in [2.45, 2.75) is 4.90 Å². The van der Waals surface area contributed by atoms with Crippen LogP contribution < -0.4 is 9.46 Å². The van der Waals surface area contributed by atoms with Gasteiger partial charge in [0.25, 0.3) is 10.0 Å². The van der Waals surface area contributed by atoms with Gasteiger partial charge in [-0.1, -0.05) is 17.7 Å². The van der Waals surface area contributed by atoms with Crippen molar-refractivity contribution >= 4 is 33.3 Å². The van der Waals surface area contributed by atoms with E-state index in [-0.39, 0.29) is 21.2 Å². The summed E-state index contributed by atoms with van der Waals surface area (Å²) < 4.78 is 36.8. The number of esters is 1. The second-order valence-corrected chi connectivity index (χ2v) is 6.56. The lowest BCUT2D eigenvalue weighted by molar-refractivity contribution is 0.0600. The average molecular weight is 356 g/mol. The Labute approximate surface area is 139 Å². The third-order valence-electron chi connectivity index (χ3n) is 2.97. The minimum absolute atomic E-state index is 0.0626. The smallest absolute Gasteiger partial charge is 0.337 e. The predicted molar refractivity (Wildman–Crippen MR) is 86.6 cm³/mol. The molecule has 122 valence electrons. The van der Waals surface area contributed by atoms with Crippen LogP contribution in [0.25, 0.3) is 0 Å². The van der Waals surface area contributed by atoms with Crippen molar-refractivity contribution in [2.75, 3.05) is 18.9 Å². The molecule has 0 aliphatic carbocycles. The average Bonchev–Trinajstić information content (AvgIpc) is 2.54. The van der Waals surface area contributed by atoms with Crippen LogP contribution in [-0.2, 0) is 14.8 Å². The van der Waals surface area contributed by atoms with E-state index in [0.717, 1.165) is 0 Å². The molecular formula is C15H14ClNO5S. The van der Waals surface area contributed by atoms with Gasteiger partial charge in [-0.15, -0.1) is 0 Å². The van der Waals surface area contributed by atoms with E-state index in [0.29, 0.717) is 5.75 Å². The molecule has 0 saturated carbocycles. The lowest BCUT2D eigenvalue weighted by Crippen LogP contribution is -2.14. The minimum Gasteiger partial charge on any atom is -0.495 e. The second-order valence-electron chi connectivity index (χ2n) is 4.47. The summed E-state index contributed by atoms with van der Waals surface area (Å²) in [5, 5.41) is 0.274. The molecule has 0 radical (unpaired) electrons. The Bertz CT molecular complexity index is 836. The van der Waals surface area contributed by atoms with E-state index in [1.165, 1.54) is 50.6 Å². The van der Waals surface area contributed by atoms with E-state index in [2.05, 4.69) is 9.46 Å². The number of carbonyl (C=O) groups excluding carboxylic acids is 1. The lowest BCUT2D eigenvalue weighted by Gasteiger charge is -2.10. The molecular weight excluding hydrogens is 342 g/mol. The van der Waals surface area contributed by atoms with Gasteiger partial charge in [0.1, 0.15) is 5.75 Å². The molecule has 0 spiro atoms. The Morgan fingerprint density at radius 1 is 1.13 bits per heavy atom. The predicted octanol–water partition coefficient (Wildman–Crippen LogP) is 2.94. The van der Waals surface area contributed by atoms with Gasteiger partial charge in [-0.25, -0.2) is 13.2 Å². The van der Waals surface area contributed by atoms with Crippen molar-refractivity contribution in [3.63, 3.8) is 0 Å². The molecule has 0 bridgehead atoms. The number of benzene rings is 2. The van der Waals surface area contributed by atoms with Crippen LogP contribution in [0.3, 0.4) is 0 Å². The van der Waals surface area contributed by atoms with Gasteiger partial charge in [0.2, 0.25) is 0 Å². The third-order valence-corrected chi connectivity index (χ3v) is 4.64. The summed E-state index contributed by atoms with van der Waals surface area (Å²) in [6.45, 7) is 0. The van der Waals surface area contributed by atoms with Gasteiger partial charge in [0, 0.05) is 0 Å². The molecule has 0 heterocycles. The van der Waals surface area contributed by atoms with Crippen LogP contribution in [0, 0.1) is 0 Å². The minimum atomic E-state index is -3.87. The van der Waals surface area contributed by atoms with Gasteiger partial charge in [-0.2, -0.15) is 0 Å². The molecule has 6 nitrogen and oxygen atoms in total. The van der Waals surface area contributed by atoms with Gasteiger partial charge in [-0.05, 0) is 36.4 Å². The first-order valence-corrected chi connectivity index (χ1v) is 8.28. The molecule has 0 unspecified atom stereocenters. The number of sulfonamides is 1. The molecule has 0 atom stereocenters. The molecule has 8 heteroatoms. The standard InChI is InChI=1S/C15H14ClNO5S/c1-21-14-7-6-11(9-13(14)16)17-23(19,20)12-5-3-4-10(8-12)15(18)22-2/h3-9,17H,1-2H3. The van der Waals surface area contributed by atoms with Crippen molar-refractivity contribution in [3.8, 4) is 5.75 Å². The Morgan fingerprint density at radius 2 is 1.87 bits per heavy atom. The largest absolute Gasteiger partial charge is 0.495 e. The fraction of sp³-hybridized carbons (Fsp3) is 0.133.